The van der Waals surface area contributed by atoms with E-state index in [9.17, 15) is 0 Å². The van der Waals surface area contributed by atoms with E-state index in [0.29, 0.717) is 28.6 Å². The number of rotatable bonds is 4. The van der Waals surface area contributed by atoms with Crippen LogP contribution in [0.1, 0.15) is 30.6 Å². The Bertz CT molecular complexity index is 583. The summed E-state index contributed by atoms with van der Waals surface area (Å²) in [6.07, 6.45) is 4.95. The van der Waals surface area contributed by atoms with Crippen molar-refractivity contribution < 1.29 is 9.26 Å². The predicted molar refractivity (Wildman–Crippen MR) is 76.0 cm³/mol. The van der Waals surface area contributed by atoms with Crippen LogP contribution in [0.15, 0.2) is 16.9 Å². The fourth-order valence-corrected chi connectivity index (χ4v) is 2.49. The molecule has 3 heterocycles. The summed E-state index contributed by atoms with van der Waals surface area (Å²) in [6, 6.07) is -0.128. The first-order chi connectivity index (χ1) is 10.2. The SMILES string of the molecule is Cc1noc([C@@H](Nc2ncc(Cl)cn2)C2CCOCC2)n1. The van der Waals surface area contributed by atoms with Crippen molar-refractivity contribution in [3.63, 3.8) is 0 Å². The first-order valence-corrected chi connectivity index (χ1v) is 7.22. The van der Waals surface area contributed by atoms with Gasteiger partial charge in [0.05, 0.1) is 17.4 Å². The third-order valence-electron chi connectivity index (χ3n) is 3.45. The number of halogens is 1. The van der Waals surface area contributed by atoms with E-state index < -0.39 is 0 Å². The fourth-order valence-electron chi connectivity index (χ4n) is 2.40. The number of ether oxygens (including phenoxy) is 1. The molecule has 2 aromatic heterocycles. The van der Waals surface area contributed by atoms with Gasteiger partial charge in [0.15, 0.2) is 5.82 Å². The second kappa shape index (κ2) is 6.36. The van der Waals surface area contributed by atoms with Crippen molar-refractivity contribution in [3.8, 4) is 0 Å². The summed E-state index contributed by atoms with van der Waals surface area (Å²) in [7, 11) is 0. The van der Waals surface area contributed by atoms with Crippen molar-refractivity contribution in [3.05, 3.63) is 29.1 Å². The van der Waals surface area contributed by atoms with E-state index in [1.54, 1.807) is 19.3 Å². The Kier molecular flexibility index (Phi) is 4.31. The van der Waals surface area contributed by atoms with Crippen molar-refractivity contribution >= 4 is 17.5 Å². The van der Waals surface area contributed by atoms with Crippen LogP contribution in [0.5, 0.6) is 0 Å². The van der Waals surface area contributed by atoms with Gasteiger partial charge in [-0.15, -0.1) is 0 Å². The minimum Gasteiger partial charge on any atom is -0.381 e. The molecule has 0 spiro atoms. The van der Waals surface area contributed by atoms with Crippen LogP contribution in [-0.2, 0) is 4.74 Å². The molecular weight excluding hydrogens is 294 g/mol. The number of aryl methyl sites for hydroxylation is 1. The molecule has 0 bridgehead atoms. The Morgan fingerprint density at radius 3 is 2.62 bits per heavy atom. The molecule has 1 atom stereocenters. The highest BCUT2D eigenvalue weighted by Gasteiger charge is 2.30. The summed E-state index contributed by atoms with van der Waals surface area (Å²) >= 11 is 5.81. The summed E-state index contributed by atoms with van der Waals surface area (Å²) in [5.41, 5.74) is 0. The zero-order chi connectivity index (χ0) is 14.7. The molecule has 7 nitrogen and oxygen atoms in total. The molecule has 0 unspecified atom stereocenters. The average molecular weight is 310 g/mol. The van der Waals surface area contributed by atoms with Gasteiger partial charge < -0.3 is 14.6 Å². The minimum absolute atomic E-state index is 0.128. The van der Waals surface area contributed by atoms with Crippen LogP contribution >= 0.6 is 11.6 Å². The molecule has 1 N–H and O–H groups in total. The maximum absolute atomic E-state index is 5.81. The lowest BCUT2D eigenvalue weighted by Gasteiger charge is -2.28. The zero-order valence-corrected chi connectivity index (χ0v) is 12.4. The first kappa shape index (κ1) is 14.2. The van der Waals surface area contributed by atoms with Crippen LogP contribution in [0.3, 0.4) is 0 Å². The maximum atomic E-state index is 5.81. The van der Waals surface area contributed by atoms with E-state index in [0.717, 1.165) is 26.1 Å². The molecule has 1 saturated heterocycles. The number of hydrogen-bond donors (Lipinski definition) is 1. The summed E-state index contributed by atoms with van der Waals surface area (Å²) < 4.78 is 10.7. The molecule has 1 aliphatic heterocycles. The van der Waals surface area contributed by atoms with E-state index in [4.69, 9.17) is 20.9 Å². The van der Waals surface area contributed by atoms with Gasteiger partial charge in [-0.2, -0.15) is 4.98 Å². The zero-order valence-electron chi connectivity index (χ0n) is 11.6. The monoisotopic (exact) mass is 309 g/mol. The molecule has 2 aromatic rings. The van der Waals surface area contributed by atoms with Crippen molar-refractivity contribution in [2.75, 3.05) is 18.5 Å². The quantitative estimate of drug-likeness (QED) is 0.928. The molecule has 0 amide bonds. The molecule has 0 aromatic carbocycles. The highest BCUT2D eigenvalue weighted by Crippen LogP contribution is 2.31. The lowest BCUT2D eigenvalue weighted by atomic mass is 9.91. The van der Waals surface area contributed by atoms with Gasteiger partial charge in [-0.05, 0) is 25.7 Å². The van der Waals surface area contributed by atoms with Gasteiger partial charge in [0.25, 0.3) is 0 Å². The van der Waals surface area contributed by atoms with E-state index in [2.05, 4.69) is 25.4 Å². The lowest BCUT2D eigenvalue weighted by molar-refractivity contribution is 0.0570. The molecule has 0 aliphatic carbocycles. The largest absolute Gasteiger partial charge is 0.381 e. The molecule has 0 saturated carbocycles. The van der Waals surface area contributed by atoms with Gasteiger partial charge in [0.2, 0.25) is 11.8 Å². The average Bonchev–Trinajstić information content (AvgIpc) is 2.94. The molecule has 1 fully saturated rings. The van der Waals surface area contributed by atoms with Gasteiger partial charge >= 0.3 is 0 Å². The standard InChI is InChI=1S/C13H16ClN5O2/c1-8-17-12(21-19-8)11(9-2-4-20-5-3-9)18-13-15-6-10(14)7-16-13/h6-7,9,11H,2-5H2,1H3,(H,15,16,18)/t11-/m0/s1. The number of nitrogens with zero attached hydrogens (tertiary/aromatic N) is 4. The minimum atomic E-state index is -0.128. The van der Waals surface area contributed by atoms with E-state index in [-0.39, 0.29) is 6.04 Å². The molecule has 0 radical (unpaired) electrons. The van der Waals surface area contributed by atoms with Crippen LogP contribution in [0.4, 0.5) is 5.95 Å². The summed E-state index contributed by atoms with van der Waals surface area (Å²) in [4.78, 5) is 12.7. The summed E-state index contributed by atoms with van der Waals surface area (Å²) in [6.45, 7) is 3.27. The lowest BCUT2D eigenvalue weighted by Crippen LogP contribution is -2.28. The first-order valence-electron chi connectivity index (χ1n) is 6.84. The Labute approximate surface area is 127 Å². The highest BCUT2D eigenvalue weighted by atomic mass is 35.5. The molecule has 1 aliphatic rings. The van der Waals surface area contributed by atoms with Crippen LogP contribution in [0.25, 0.3) is 0 Å². The van der Waals surface area contributed by atoms with Gasteiger partial charge in [0.1, 0.15) is 6.04 Å². The second-order valence-electron chi connectivity index (χ2n) is 4.98. The van der Waals surface area contributed by atoms with Crippen molar-refractivity contribution in [2.24, 2.45) is 5.92 Å². The number of aromatic nitrogens is 4. The maximum Gasteiger partial charge on any atom is 0.249 e. The van der Waals surface area contributed by atoms with E-state index >= 15 is 0 Å². The molecule has 21 heavy (non-hydrogen) atoms. The van der Waals surface area contributed by atoms with Crippen molar-refractivity contribution in [1.82, 2.24) is 20.1 Å². The van der Waals surface area contributed by atoms with Crippen LogP contribution in [0.2, 0.25) is 5.02 Å². The van der Waals surface area contributed by atoms with Gasteiger partial charge in [-0.25, -0.2) is 9.97 Å². The normalized spacial score (nSPS) is 17.6. The van der Waals surface area contributed by atoms with Crippen LogP contribution in [-0.4, -0.2) is 33.3 Å². The number of hydrogen-bond acceptors (Lipinski definition) is 7. The predicted octanol–water partition coefficient (Wildman–Crippen LogP) is 2.40. The second-order valence-corrected chi connectivity index (χ2v) is 5.41. The molecule has 3 rings (SSSR count). The Morgan fingerprint density at radius 2 is 2.00 bits per heavy atom. The summed E-state index contributed by atoms with van der Waals surface area (Å²) in [5, 5.41) is 7.64. The van der Waals surface area contributed by atoms with Crippen LogP contribution < -0.4 is 5.32 Å². The summed E-state index contributed by atoms with van der Waals surface area (Å²) in [5.74, 6) is 1.99. The molecular formula is C13H16ClN5O2. The smallest absolute Gasteiger partial charge is 0.249 e. The Balaban J connectivity index is 1.82. The van der Waals surface area contributed by atoms with Crippen molar-refractivity contribution in [1.29, 1.82) is 0 Å². The van der Waals surface area contributed by atoms with Gasteiger partial charge in [-0.1, -0.05) is 16.8 Å². The Hall–Kier alpha value is -1.73. The molecule has 112 valence electrons. The Morgan fingerprint density at radius 1 is 1.29 bits per heavy atom. The molecule has 8 heteroatoms. The number of nitrogens with one attached hydrogen (secondary N) is 1. The third-order valence-corrected chi connectivity index (χ3v) is 3.65. The van der Waals surface area contributed by atoms with Crippen LogP contribution in [0, 0.1) is 12.8 Å². The van der Waals surface area contributed by atoms with Gasteiger partial charge in [-0.3, -0.25) is 0 Å². The van der Waals surface area contributed by atoms with Gasteiger partial charge in [0, 0.05) is 13.2 Å². The van der Waals surface area contributed by atoms with E-state index in [1.165, 1.54) is 0 Å². The fraction of sp³-hybridized carbons (Fsp3) is 0.538. The highest BCUT2D eigenvalue weighted by molar-refractivity contribution is 6.30. The van der Waals surface area contributed by atoms with Crippen molar-refractivity contribution in [2.45, 2.75) is 25.8 Å². The number of anilines is 1. The topological polar surface area (TPSA) is 86.0 Å². The third kappa shape index (κ3) is 3.48. The van der Waals surface area contributed by atoms with E-state index in [1.807, 2.05) is 0 Å².